The molecule has 1 N–H and O–H groups in total. The van der Waals surface area contributed by atoms with E-state index in [9.17, 15) is 4.79 Å². The Morgan fingerprint density at radius 2 is 2.20 bits per heavy atom. The van der Waals surface area contributed by atoms with E-state index < -0.39 is 0 Å². The molecule has 1 fully saturated rings. The first-order valence-corrected chi connectivity index (χ1v) is 6.54. The Morgan fingerprint density at radius 3 is 2.87 bits per heavy atom. The van der Waals surface area contributed by atoms with Crippen LogP contribution in [0.4, 0.5) is 0 Å². The van der Waals surface area contributed by atoms with Crippen molar-refractivity contribution in [2.24, 2.45) is 0 Å². The summed E-state index contributed by atoms with van der Waals surface area (Å²) in [4.78, 5) is 12.8. The molecule has 2 nitrogen and oxygen atoms in total. The van der Waals surface area contributed by atoms with Crippen molar-refractivity contribution < 1.29 is 4.79 Å². The summed E-state index contributed by atoms with van der Waals surface area (Å²) in [5.41, 5.74) is 0. The number of carbonyl (C=O) groups is 1. The summed E-state index contributed by atoms with van der Waals surface area (Å²) >= 11 is 1.65. The third-order valence-corrected chi connectivity index (χ3v) is 3.76. The zero-order chi connectivity index (χ0) is 10.5. The van der Waals surface area contributed by atoms with E-state index in [1.807, 2.05) is 17.5 Å². The van der Waals surface area contributed by atoms with Crippen molar-refractivity contribution in [2.75, 3.05) is 0 Å². The fraction of sp³-hybridized carbons (Fsp3) is 0.583. The van der Waals surface area contributed by atoms with Crippen LogP contribution in [0.5, 0.6) is 0 Å². The molecule has 0 saturated heterocycles. The molecule has 0 bridgehead atoms. The number of rotatable bonds is 3. The van der Waals surface area contributed by atoms with Gasteiger partial charge in [0.05, 0.1) is 6.42 Å². The van der Waals surface area contributed by atoms with Crippen LogP contribution in [0.15, 0.2) is 17.5 Å². The second-order valence-corrected chi connectivity index (χ2v) is 5.19. The van der Waals surface area contributed by atoms with Crippen LogP contribution < -0.4 is 5.32 Å². The van der Waals surface area contributed by atoms with Gasteiger partial charge in [0.15, 0.2) is 0 Å². The van der Waals surface area contributed by atoms with Crippen molar-refractivity contribution in [3.63, 3.8) is 0 Å². The maximum absolute atomic E-state index is 11.7. The molecule has 2 rings (SSSR count). The highest BCUT2D eigenvalue weighted by Crippen LogP contribution is 2.17. The van der Waals surface area contributed by atoms with Gasteiger partial charge in [0.25, 0.3) is 0 Å². The number of thiophene rings is 1. The molecule has 82 valence electrons. The Balaban J connectivity index is 1.76. The minimum Gasteiger partial charge on any atom is -0.353 e. The maximum Gasteiger partial charge on any atom is 0.225 e. The zero-order valence-electron chi connectivity index (χ0n) is 8.87. The van der Waals surface area contributed by atoms with Crippen LogP contribution >= 0.6 is 11.3 Å². The van der Waals surface area contributed by atoms with Crippen molar-refractivity contribution in [3.8, 4) is 0 Å². The molecule has 0 aromatic carbocycles. The molecule has 1 aromatic rings. The van der Waals surface area contributed by atoms with Crippen LogP contribution in [-0.2, 0) is 11.2 Å². The summed E-state index contributed by atoms with van der Waals surface area (Å²) in [5.74, 6) is 0.185. The lowest BCUT2D eigenvalue weighted by atomic mass is 9.95. The molecule has 1 aliphatic rings. The topological polar surface area (TPSA) is 29.1 Å². The van der Waals surface area contributed by atoms with Gasteiger partial charge in [-0.1, -0.05) is 25.3 Å². The fourth-order valence-electron chi connectivity index (χ4n) is 2.10. The molecule has 3 heteroatoms. The van der Waals surface area contributed by atoms with Crippen molar-refractivity contribution in [3.05, 3.63) is 22.4 Å². The average molecular weight is 223 g/mol. The first-order valence-electron chi connectivity index (χ1n) is 5.66. The van der Waals surface area contributed by atoms with Crippen LogP contribution in [0.1, 0.15) is 37.0 Å². The van der Waals surface area contributed by atoms with E-state index in [0.717, 1.165) is 17.7 Å². The Morgan fingerprint density at radius 1 is 1.40 bits per heavy atom. The number of carbonyl (C=O) groups excluding carboxylic acids is 1. The summed E-state index contributed by atoms with van der Waals surface area (Å²) < 4.78 is 0. The number of hydrogen-bond acceptors (Lipinski definition) is 2. The van der Waals surface area contributed by atoms with E-state index in [1.54, 1.807) is 11.3 Å². The van der Waals surface area contributed by atoms with Gasteiger partial charge in [-0.2, -0.15) is 0 Å². The molecule has 1 aliphatic carbocycles. The van der Waals surface area contributed by atoms with Crippen molar-refractivity contribution in [2.45, 2.75) is 44.6 Å². The van der Waals surface area contributed by atoms with Gasteiger partial charge in [0.2, 0.25) is 5.91 Å². The third kappa shape index (κ3) is 3.34. The average Bonchev–Trinajstić information content (AvgIpc) is 2.71. The highest BCUT2D eigenvalue weighted by atomic mass is 32.1. The number of hydrogen-bond donors (Lipinski definition) is 1. The summed E-state index contributed by atoms with van der Waals surface area (Å²) in [6.45, 7) is 0. The van der Waals surface area contributed by atoms with Gasteiger partial charge < -0.3 is 5.32 Å². The number of amides is 1. The molecule has 1 aromatic heterocycles. The van der Waals surface area contributed by atoms with Crippen molar-refractivity contribution >= 4 is 17.2 Å². The first-order chi connectivity index (χ1) is 7.34. The molecular weight excluding hydrogens is 206 g/mol. The molecule has 0 unspecified atom stereocenters. The molecule has 1 saturated carbocycles. The standard InChI is InChI=1S/C12H17NOS/c14-12(9-11-7-4-8-15-11)13-10-5-2-1-3-6-10/h4,7-8,10H,1-3,5-6,9H2,(H,13,14). The van der Waals surface area contributed by atoms with E-state index in [-0.39, 0.29) is 5.91 Å². The van der Waals surface area contributed by atoms with E-state index in [0.29, 0.717) is 12.5 Å². The number of nitrogens with one attached hydrogen (secondary N) is 1. The predicted molar refractivity (Wildman–Crippen MR) is 63.0 cm³/mol. The van der Waals surface area contributed by atoms with Crippen molar-refractivity contribution in [1.29, 1.82) is 0 Å². The molecule has 1 amide bonds. The van der Waals surface area contributed by atoms with Gasteiger partial charge in [-0.25, -0.2) is 0 Å². The van der Waals surface area contributed by atoms with Gasteiger partial charge in [0, 0.05) is 10.9 Å². The van der Waals surface area contributed by atoms with E-state index in [2.05, 4.69) is 5.32 Å². The third-order valence-electron chi connectivity index (χ3n) is 2.89. The summed E-state index contributed by atoms with van der Waals surface area (Å²) in [6.07, 6.45) is 6.74. The van der Waals surface area contributed by atoms with E-state index >= 15 is 0 Å². The maximum atomic E-state index is 11.7. The largest absolute Gasteiger partial charge is 0.353 e. The highest BCUT2D eigenvalue weighted by Gasteiger charge is 2.15. The monoisotopic (exact) mass is 223 g/mol. The molecule has 0 atom stereocenters. The minimum absolute atomic E-state index is 0.185. The molecule has 0 spiro atoms. The van der Waals surface area contributed by atoms with Gasteiger partial charge in [-0.3, -0.25) is 4.79 Å². The lowest BCUT2D eigenvalue weighted by molar-refractivity contribution is -0.121. The zero-order valence-corrected chi connectivity index (χ0v) is 9.69. The lowest BCUT2D eigenvalue weighted by Crippen LogP contribution is -2.36. The SMILES string of the molecule is O=C(Cc1cccs1)NC1CCCCC1. The predicted octanol–water partition coefficient (Wildman–Crippen LogP) is 2.74. The summed E-state index contributed by atoms with van der Waals surface area (Å²) in [5, 5.41) is 5.14. The lowest BCUT2D eigenvalue weighted by Gasteiger charge is -2.22. The van der Waals surface area contributed by atoms with Gasteiger partial charge in [-0.15, -0.1) is 11.3 Å². The Bertz CT molecular complexity index is 301. The van der Waals surface area contributed by atoms with Gasteiger partial charge >= 0.3 is 0 Å². The Labute approximate surface area is 94.7 Å². The Hall–Kier alpha value is -0.830. The van der Waals surface area contributed by atoms with Crippen molar-refractivity contribution in [1.82, 2.24) is 5.32 Å². The first kappa shape index (κ1) is 10.7. The second kappa shape index (κ2) is 5.31. The van der Waals surface area contributed by atoms with Gasteiger partial charge in [0.1, 0.15) is 0 Å². The van der Waals surface area contributed by atoms with E-state index in [1.165, 1.54) is 19.3 Å². The quantitative estimate of drug-likeness (QED) is 0.838. The summed E-state index contributed by atoms with van der Waals surface area (Å²) in [7, 11) is 0. The van der Waals surface area contributed by atoms with Gasteiger partial charge in [-0.05, 0) is 24.3 Å². The summed E-state index contributed by atoms with van der Waals surface area (Å²) in [6, 6.07) is 4.45. The Kier molecular flexibility index (Phi) is 3.78. The molecular formula is C12H17NOS. The second-order valence-electron chi connectivity index (χ2n) is 4.16. The van der Waals surface area contributed by atoms with Crippen LogP contribution in [0.3, 0.4) is 0 Å². The van der Waals surface area contributed by atoms with Crippen LogP contribution in [-0.4, -0.2) is 11.9 Å². The molecule has 15 heavy (non-hydrogen) atoms. The normalized spacial score (nSPS) is 17.6. The van der Waals surface area contributed by atoms with Crippen LogP contribution in [0.2, 0.25) is 0 Å². The highest BCUT2D eigenvalue weighted by molar-refractivity contribution is 7.10. The smallest absolute Gasteiger partial charge is 0.225 e. The van der Waals surface area contributed by atoms with Crippen LogP contribution in [0, 0.1) is 0 Å². The minimum atomic E-state index is 0.185. The molecule has 0 radical (unpaired) electrons. The fourth-order valence-corrected chi connectivity index (χ4v) is 2.80. The van der Waals surface area contributed by atoms with E-state index in [4.69, 9.17) is 0 Å². The van der Waals surface area contributed by atoms with Crippen LogP contribution in [0.25, 0.3) is 0 Å². The molecule has 1 heterocycles. The molecule has 0 aliphatic heterocycles.